The van der Waals surface area contributed by atoms with Crippen molar-refractivity contribution in [1.29, 1.82) is 0 Å². The first-order valence-electron chi connectivity index (χ1n) is 9.20. The number of hydrogen-bond donors (Lipinski definition) is 1. The van der Waals surface area contributed by atoms with Gasteiger partial charge in [-0.1, -0.05) is 65.6 Å². The molecule has 5 rings (SSSR count). The predicted molar refractivity (Wildman–Crippen MR) is 118 cm³/mol. The maximum atomic E-state index is 13.2. The Morgan fingerprint density at radius 3 is 2.50 bits per heavy atom. The third kappa shape index (κ3) is 3.55. The van der Waals surface area contributed by atoms with E-state index in [9.17, 15) is 9.18 Å². The number of thiazole rings is 1. The van der Waals surface area contributed by atoms with E-state index in [-0.39, 0.29) is 11.7 Å². The largest absolute Gasteiger partial charge is 0.325 e. The molecule has 0 spiro atoms. The van der Waals surface area contributed by atoms with Crippen LogP contribution in [0.4, 0.5) is 10.1 Å². The van der Waals surface area contributed by atoms with Gasteiger partial charge in [-0.2, -0.15) is 0 Å². The molecule has 2 aromatic heterocycles. The van der Waals surface area contributed by atoms with Crippen molar-refractivity contribution in [2.45, 2.75) is 10.4 Å². The number of hydrogen-bond acceptors (Lipinski definition) is 5. The Morgan fingerprint density at radius 1 is 0.967 bits per heavy atom. The fourth-order valence-corrected chi connectivity index (χ4v) is 5.25. The summed E-state index contributed by atoms with van der Waals surface area (Å²) < 4.78 is 16.3. The maximum absolute atomic E-state index is 13.2. The van der Waals surface area contributed by atoms with Gasteiger partial charge in [0.05, 0.1) is 10.2 Å². The summed E-state index contributed by atoms with van der Waals surface area (Å²) in [7, 11) is 0. The Balaban J connectivity index is 1.52. The summed E-state index contributed by atoms with van der Waals surface area (Å²) in [4.78, 5) is 14.0. The van der Waals surface area contributed by atoms with Gasteiger partial charge in [-0.05, 0) is 42.0 Å². The Labute approximate surface area is 179 Å². The number of fused-ring (bicyclic) bond motifs is 3. The lowest BCUT2D eigenvalue weighted by Crippen LogP contribution is -2.19. The lowest BCUT2D eigenvalue weighted by molar-refractivity contribution is -0.115. The maximum Gasteiger partial charge on any atom is 0.242 e. The number of amides is 1. The smallest absolute Gasteiger partial charge is 0.242 e. The van der Waals surface area contributed by atoms with E-state index in [0.717, 1.165) is 20.7 Å². The zero-order chi connectivity index (χ0) is 20.5. The standard InChI is InChI=1S/C22H15FN4OS2/c23-15-10-12-16(13-11-15)24-20(28)19(14-6-2-1-3-7-14)30-22-26-25-21-27(22)17-8-4-5-9-18(17)29-21/h1-13,19H,(H,24,28). The summed E-state index contributed by atoms with van der Waals surface area (Å²) in [6.07, 6.45) is 0. The molecule has 30 heavy (non-hydrogen) atoms. The molecular weight excluding hydrogens is 419 g/mol. The van der Waals surface area contributed by atoms with Gasteiger partial charge < -0.3 is 5.32 Å². The molecule has 3 aromatic carbocycles. The SMILES string of the molecule is O=C(Nc1ccc(F)cc1)C(Sc1nnc2sc3ccccc3n12)c1ccccc1. The first-order chi connectivity index (χ1) is 14.7. The Morgan fingerprint density at radius 2 is 1.70 bits per heavy atom. The molecule has 0 aliphatic carbocycles. The number of carbonyl (C=O) groups is 1. The number of aromatic nitrogens is 3. The van der Waals surface area contributed by atoms with Gasteiger partial charge in [0.25, 0.3) is 0 Å². The molecule has 1 atom stereocenters. The van der Waals surface area contributed by atoms with Crippen LogP contribution in [0.25, 0.3) is 15.2 Å². The second kappa shape index (κ2) is 7.89. The molecule has 5 aromatic rings. The minimum atomic E-state index is -0.553. The van der Waals surface area contributed by atoms with Crippen molar-refractivity contribution in [2.24, 2.45) is 0 Å². The van der Waals surface area contributed by atoms with Crippen LogP contribution in [0, 0.1) is 5.82 Å². The van der Waals surface area contributed by atoms with Crippen molar-refractivity contribution < 1.29 is 9.18 Å². The van der Waals surface area contributed by atoms with Gasteiger partial charge in [-0.25, -0.2) is 4.39 Å². The first kappa shape index (κ1) is 18.8. The Bertz CT molecular complexity index is 1330. The second-order valence-electron chi connectivity index (χ2n) is 6.58. The number of rotatable bonds is 5. The van der Waals surface area contributed by atoms with Crippen molar-refractivity contribution in [1.82, 2.24) is 14.6 Å². The van der Waals surface area contributed by atoms with Crippen LogP contribution in [0.15, 0.2) is 84.0 Å². The first-order valence-corrected chi connectivity index (χ1v) is 10.9. The zero-order valence-corrected chi connectivity index (χ0v) is 17.2. The molecule has 1 unspecified atom stereocenters. The molecule has 0 radical (unpaired) electrons. The molecule has 5 nitrogen and oxygen atoms in total. The molecule has 1 amide bonds. The molecule has 1 N–H and O–H groups in total. The molecule has 0 aliphatic rings. The summed E-state index contributed by atoms with van der Waals surface area (Å²) in [5, 5.41) is 11.6. The second-order valence-corrected chi connectivity index (χ2v) is 8.66. The van der Waals surface area contributed by atoms with Crippen LogP contribution in [-0.2, 0) is 4.79 Å². The number of anilines is 1. The number of para-hydroxylation sites is 1. The van der Waals surface area contributed by atoms with E-state index < -0.39 is 5.25 Å². The molecular formula is C22H15FN4OS2. The molecule has 8 heteroatoms. The highest BCUT2D eigenvalue weighted by atomic mass is 32.2. The van der Waals surface area contributed by atoms with Gasteiger partial charge in [0.2, 0.25) is 10.9 Å². The van der Waals surface area contributed by atoms with E-state index in [1.54, 1.807) is 23.5 Å². The van der Waals surface area contributed by atoms with E-state index in [1.807, 2.05) is 59.0 Å². The minimum Gasteiger partial charge on any atom is -0.325 e. The summed E-state index contributed by atoms with van der Waals surface area (Å²) in [5.41, 5.74) is 2.39. The highest BCUT2D eigenvalue weighted by Crippen LogP contribution is 2.38. The molecule has 148 valence electrons. The van der Waals surface area contributed by atoms with Gasteiger partial charge >= 0.3 is 0 Å². The van der Waals surface area contributed by atoms with E-state index >= 15 is 0 Å². The van der Waals surface area contributed by atoms with Gasteiger partial charge in [-0.15, -0.1) is 10.2 Å². The van der Waals surface area contributed by atoms with Crippen molar-refractivity contribution in [3.05, 3.63) is 90.2 Å². The Hall–Kier alpha value is -3.23. The van der Waals surface area contributed by atoms with Crippen LogP contribution >= 0.6 is 23.1 Å². The highest BCUT2D eigenvalue weighted by molar-refractivity contribution is 8.00. The predicted octanol–water partition coefficient (Wildman–Crippen LogP) is 5.56. The topological polar surface area (TPSA) is 59.3 Å². The number of benzene rings is 3. The summed E-state index contributed by atoms with van der Waals surface area (Å²) in [6, 6.07) is 23.3. The third-order valence-corrected chi connectivity index (χ3v) is 6.80. The molecule has 0 fully saturated rings. The average Bonchev–Trinajstić information content (AvgIpc) is 3.33. The third-order valence-electron chi connectivity index (χ3n) is 4.59. The normalized spacial score (nSPS) is 12.3. The minimum absolute atomic E-state index is 0.214. The van der Waals surface area contributed by atoms with E-state index in [4.69, 9.17) is 0 Å². The summed E-state index contributed by atoms with van der Waals surface area (Å²) >= 11 is 2.90. The molecule has 0 saturated carbocycles. The van der Waals surface area contributed by atoms with Crippen molar-refractivity contribution >= 4 is 49.9 Å². The van der Waals surface area contributed by atoms with E-state index in [2.05, 4.69) is 15.5 Å². The van der Waals surface area contributed by atoms with Crippen LogP contribution in [0.3, 0.4) is 0 Å². The van der Waals surface area contributed by atoms with E-state index in [1.165, 1.54) is 23.9 Å². The molecule has 0 aliphatic heterocycles. The fraction of sp³-hybridized carbons (Fsp3) is 0.0455. The Kier molecular flexibility index (Phi) is 4.94. The van der Waals surface area contributed by atoms with Crippen LogP contribution in [0.2, 0.25) is 0 Å². The zero-order valence-electron chi connectivity index (χ0n) is 15.5. The number of carbonyl (C=O) groups excluding carboxylic acids is 1. The lowest BCUT2D eigenvalue weighted by Gasteiger charge is -2.16. The molecule has 0 bridgehead atoms. The number of nitrogens with zero attached hydrogens (tertiary/aromatic N) is 3. The number of halogens is 1. The van der Waals surface area contributed by atoms with Gasteiger partial charge in [0.15, 0.2) is 5.16 Å². The van der Waals surface area contributed by atoms with Crippen LogP contribution in [0.5, 0.6) is 0 Å². The molecule has 2 heterocycles. The van der Waals surface area contributed by atoms with Crippen LogP contribution in [-0.4, -0.2) is 20.5 Å². The monoisotopic (exact) mass is 434 g/mol. The van der Waals surface area contributed by atoms with Crippen molar-refractivity contribution in [3.8, 4) is 0 Å². The van der Waals surface area contributed by atoms with Gasteiger partial charge in [-0.3, -0.25) is 9.20 Å². The van der Waals surface area contributed by atoms with Gasteiger partial charge in [0, 0.05) is 5.69 Å². The lowest BCUT2D eigenvalue weighted by atomic mass is 10.1. The highest BCUT2D eigenvalue weighted by Gasteiger charge is 2.25. The van der Waals surface area contributed by atoms with Crippen LogP contribution in [0.1, 0.15) is 10.8 Å². The van der Waals surface area contributed by atoms with Crippen molar-refractivity contribution in [3.63, 3.8) is 0 Å². The number of nitrogens with one attached hydrogen (secondary N) is 1. The fourth-order valence-electron chi connectivity index (χ4n) is 3.18. The molecule has 0 saturated heterocycles. The average molecular weight is 435 g/mol. The van der Waals surface area contributed by atoms with Gasteiger partial charge in [0.1, 0.15) is 11.1 Å². The summed E-state index contributed by atoms with van der Waals surface area (Å²) in [5.74, 6) is -0.564. The quantitative estimate of drug-likeness (QED) is 0.368. The number of thioether (sulfide) groups is 1. The van der Waals surface area contributed by atoms with E-state index in [0.29, 0.717) is 10.8 Å². The van der Waals surface area contributed by atoms with Crippen molar-refractivity contribution in [2.75, 3.05) is 5.32 Å². The summed E-state index contributed by atoms with van der Waals surface area (Å²) in [6.45, 7) is 0. The van der Waals surface area contributed by atoms with Crippen LogP contribution < -0.4 is 5.32 Å².